The topological polar surface area (TPSA) is 87.1 Å². The summed E-state index contributed by atoms with van der Waals surface area (Å²) in [4.78, 5) is 11.7. The van der Waals surface area contributed by atoms with E-state index in [1.807, 2.05) is 20.8 Å². The van der Waals surface area contributed by atoms with Crippen molar-refractivity contribution in [1.82, 2.24) is 15.5 Å². The number of aromatic nitrogens is 2. The molecule has 1 aromatic heterocycles. The van der Waals surface area contributed by atoms with E-state index < -0.39 is 0 Å². The van der Waals surface area contributed by atoms with Gasteiger partial charge in [0.2, 0.25) is 5.13 Å². The molecule has 0 bridgehead atoms. The Labute approximate surface area is 111 Å². The number of aryl methyl sites for hydroxylation is 1. The van der Waals surface area contributed by atoms with Crippen molar-refractivity contribution < 1.29 is 9.90 Å². The van der Waals surface area contributed by atoms with Crippen LogP contribution in [0.25, 0.3) is 0 Å². The SMILES string of the molecule is CCc1nnc(NC(=O)NC(CO)CC(C)C)s1. The molecule has 0 fully saturated rings. The molecule has 3 N–H and O–H groups in total. The zero-order valence-corrected chi connectivity index (χ0v) is 11.8. The fourth-order valence-corrected chi connectivity index (χ4v) is 2.19. The van der Waals surface area contributed by atoms with Crippen LogP contribution < -0.4 is 10.6 Å². The van der Waals surface area contributed by atoms with Crippen molar-refractivity contribution in [2.24, 2.45) is 5.92 Å². The zero-order valence-electron chi connectivity index (χ0n) is 10.9. The van der Waals surface area contributed by atoms with Crippen LogP contribution in [-0.2, 0) is 6.42 Å². The summed E-state index contributed by atoms with van der Waals surface area (Å²) in [5.74, 6) is 0.413. The number of hydrogen-bond acceptors (Lipinski definition) is 5. The Bertz CT molecular complexity index is 381. The average Bonchev–Trinajstić information content (AvgIpc) is 2.75. The van der Waals surface area contributed by atoms with E-state index in [0.29, 0.717) is 11.0 Å². The molecule has 0 aliphatic carbocycles. The number of carbonyl (C=O) groups is 1. The number of aliphatic hydroxyl groups excluding tert-OH is 1. The van der Waals surface area contributed by atoms with E-state index in [4.69, 9.17) is 5.11 Å². The van der Waals surface area contributed by atoms with Gasteiger partial charge in [-0.25, -0.2) is 4.79 Å². The van der Waals surface area contributed by atoms with Crippen LogP contribution in [0.3, 0.4) is 0 Å². The first-order valence-corrected chi connectivity index (χ1v) is 6.87. The van der Waals surface area contributed by atoms with Crippen LogP contribution in [0.4, 0.5) is 9.93 Å². The highest BCUT2D eigenvalue weighted by Gasteiger charge is 2.14. The highest BCUT2D eigenvalue weighted by atomic mass is 32.1. The van der Waals surface area contributed by atoms with E-state index in [1.54, 1.807) is 0 Å². The van der Waals surface area contributed by atoms with Gasteiger partial charge in [0.15, 0.2) is 0 Å². The van der Waals surface area contributed by atoms with Crippen LogP contribution in [0, 0.1) is 5.92 Å². The van der Waals surface area contributed by atoms with Crippen LogP contribution in [0.2, 0.25) is 0 Å². The normalized spacial score (nSPS) is 12.5. The third kappa shape index (κ3) is 4.97. The Morgan fingerprint density at radius 1 is 1.44 bits per heavy atom. The number of hydrogen-bond donors (Lipinski definition) is 3. The molecular formula is C11H20N4O2S. The van der Waals surface area contributed by atoms with Gasteiger partial charge in [-0.3, -0.25) is 5.32 Å². The number of anilines is 1. The van der Waals surface area contributed by atoms with Crippen LogP contribution in [0.15, 0.2) is 0 Å². The molecule has 6 nitrogen and oxygen atoms in total. The molecule has 0 saturated heterocycles. The number of urea groups is 1. The Morgan fingerprint density at radius 2 is 2.17 bits per heavy atom. The lowest BCUT2D eigenvalue weighted by Crippen LogP contribution is -2.40. The van der Waals surface area contributed by atoms with Crippen molar-refractivity contribution in [3.63, 3.8) is 0 Å². The summed E-state index contributed by atoms with van der Waals surface area (Å²) in [7, 11) is 0. The Hall–Kier alpha value is -1.21. The minimum Gasteiger partial charge on any atom is -0.394 e. The fraction of sp³-hybridized carbons (Fsp3) is 0.727. The smallest absolute Gasteiger partial charge is 0.321 e. The summed E-state index contributed by atoms with van der Waals surface area (Å²) in [5, 5.41) is 23.6. The summed E-state index contributed by atoms with van der Waals surface area (Å²) in [6, 6.07) is -0.586. The maximum atomic E-state index is 11.7. The Morgan fingerprint density at radius 3 is 2.67 bits per heavy atom. The molecular weight excluding hydrogens is 252 g/mol. The lowest BCUT2D eigenvalue weighted by molar-refractivity contribution is 0.214. The van der Waals surface area contributed by atoms with Crippen molar-refractivity contribution in [2.75, 3.05) is 11.9 Å². The van der Waals surface area contributed by atoms with E-state index in [0.717, 1.165) is 17.8 Å². The molecule has 0 radical (unpaired) electrons. The molecule has 0 aliphatic heterocycles. The van der Waals surface area contributed by atoms with E-state index >= 15 is 0 Å². The van der Waals surface area contributed by atoms with Gasteiger partial charge in [0.25, 0.3) is 0 Å². The number of rotatable bonds is 6. The molecule has 1 atom stereocenters. The van der Waals surface area contributed by atoms with Crippen molar-refractivity contribution in [2.45, 2.75) is 39.7 Å². The lowest BCUT2D eigenvalue weighted by Gasteiger charge is -2.17. The third-order valence-electron chi connectivity index (χ3n) is 2.30. The first-order valence-electron chi connectivity index (χ1n) is 6.05. The Kier molecular flexibility index (Phi) is 6.00. The first-order chi connectivity index (χ1) is 8.55. The molecule has 1 rings (SSSR count). The second kappa shape index (κ2) is 7.27. The van der Waals surface area contributed by atoms with Gasteiger partial charge in [-0.2, -0.15) is 0 Å². The van der Waals surface area contributed by atoms with Gasteiger partial charge >= 0.3 is 6.03 Å². The molecule has 2 amide bonds. The van der Waals surface area contributed by atoms with Crippen molar-refractivity contribution in [1.29, 1.82) is 0 Å². The molecule has 18 heavy (non-hydrogen) atoms. The summed E-state index contributed by atoms with van der Waals surface area (Å²) in [5.41, 5.74) is 0. The summed E-state index contributed by atoms with van der Waals surface area (Å²) >= 11 is 1.35. The maximum Gasteiger partial charge on any atom is 0.321 e. The number of nitrogens with zero attached hydrogens (tertiary/aromatic N) is 2. The number of nitrogens with one attached hydrogen (secondary N) is 2. The predicted octanol–water partition coefficient (Wildman–Crippen LogP) is 1.63. The van der Waals surface area contributed by atoms with Gasteiger partial charge in [-0.05, 0) is 18.8 Å². The molecule has 7 heteroatoms. The van der Waals surface area contributed by atoms with Crippen LogP contribution in [0.1, 0.15) is 32.2 Å². The van der Waals surface area contributed by atoms with Gasteiger partial charge in [0.1, 0.15) is 5.01 Å². The number of carbonyl (C=O) groups excluding carboxylic acids is 1. The van der Waals surface area contributed by atoms with E-state index in [9.17, 15) is 4.79 Å². The second-order valence-electron chi connectivity index (χ2n) is 4.46. The van der Waals surface area contributed by atoms with Gasteiger partial charge in [0, 0.05) is 0 Å². The standard InChI is InChI=1S/C11H20N4O2S/c1-4-9-14-15-11(18-9)13-10(17)12-8(6-16)5-7(2)3/h7-8,16H,4-6H2,1-3H3,(H2,12,13,15,17). The predicted molar refractivity (Wildman–Crippen MR) is 71.8 cm³/mol. The van der Waals surface area contributed by atoms with Gasteiger partial charge in [-0.15, -0.1) is 10.2 Å². The summed E-state index contributed by atoms with van der Waals surface area (Å²) < 4.78 is 0. The maximum absolute atomic E-state index is 11.7. The van der Waals surface area contributed by atoms with Gasteiger partial charge in [0.05, 0.1) is 12.6 Å². The minimum atomic E-state index is -0.353. The van der Waals surface area contributed by atoms with Crippen LogP contribution >= 0.6 is 11.3 Å². The average molecular weight is 272 g/mol. The summed E-state index contributed by atoms with van der Waals surface area (Å²) in [6.45, 7) is 6.00. The van der Waals surface area contributed by atoms with E-state index in [1.165, 1.54) is 11.3 Å². The highest BCUT2D eigenvalue weighted by Crippen LogP contribution is 2.15. The molecule has 0 aromatic carbocycles. The largest absolute Gasteiger partial charge is 0.394 e. The number of amides is 2. The van der Waals surface area contributed by atoms with Crippen molar-refractivity contribution >= 4 is 22.5 Å². The minimum absolute atomic E-state index is 0.0675. The molecule has 0 saturated carbocycles. The Balaban J connectivity index is 2.44. The van der Waals surface area contributed by atoms with Crippen LogP contribution in [0.5, 0.6) is 0 Å². The van der Waals surface area contributed by atoms with Crippen molar-refractivity contribution in [3.05, 3.63) is 5.01 Å². The highest BCUT2D eigenvalue weighted by molar-refractivity contribution is 7.15. The van der Waals surface area contributed by atoms with E-state index in [-0.39, 0.29) is 18.7 Å². The lowest BCUT2D eigenvalue weighted by atomic mass is 10.0. The zero-order chi connectivity index (χ0) is 13.5. The molecule has 1 unspecified atom stereocenters. The monoisotopic (exact) mass is 272 g/mol. The molecule has 102 valence electrons. The third-order valence-corrected chi connectivity index (χ3v) is 3.28. The van der Waals surface area contributed by atoms with Crippen LogP contribution in [-0.4, -0.2) is 34.0 Å². The van der Waals surface area contributed by atoms with Gasteiger partial charge in [-0.1, -0.05) is 32.1 Å². The number of aliphatic hydroxyl groups is 1. The molecule has 0 aliphatic rings. The molecule has 1 heterocycles. The fourth-order valence-electron chi connectivity index (χ4n) is 1.51. The second-order valence-corrected chi connectivity index (χ2v) is 5.52. The van der Waals surface area contributed by atoms with E-state index in [2.05, 4.69) is 20.8 Å². The first kappa shape index (κ1) is 14.8. The van der Waals surface area contributed by atoms with Gasteiger partial charge < -0.3 is 10.4 Å². The van der Waals surface area contributed by atoms with Crippen molar-refractivity contribution in [3.8, 4) is 0 Å². The molecule has 1 aromatic rings. The summed E-state index contributed by atoms with van der Waals surface area (Å²) in [6.07, 6.45) is 1.54. The quantitative estimate of drug-likeness (QED) is 0.734. The molecule has 0 spiro atoms.